The van der Waals surface area contributed by atoms with Crippen molar-refractivity contribution in [2.24, 2.45) is 0 Å². The lowest BCUT2D eigenvalue weighted by molar-refractivity contribution is -0.0528. The third kappa shape index (κ3) is 4.07. The van der Waals surface area contributed by atoms with Crippen LogP contribution in [-0.4, -0.2) is 17.6 Å². The lowest BCUT2D eigenvalue weighted by Crippen LogP contribution is -2.35. The minimum atomic E-state index is -2.92. The molecule has 0 aliphatic heterocycles. The predicted octanol–water partition coefficient (Wildman–Crippen LogP) is 2.81. The third-order valence-electron chi connectivity index (χ3n) is 2.53. The summed E-state index contributed by atoms with van der Waals surface area (Å²) in [5.74, 6) is -0.181. The van der Waals surface area contributed by atoms with E-state index in [-0.39, 0.29) is 21.3 Å². The van der Waals surface area contributed by atoms with Crippen molar-refractivity contribution in [1.29, 1.82) is 0 Å². The smallest absolute Gasteiger partial charge is 0.388 e. The molecule has 0 spiro atoms. The van der Waals surface area contributed by atoms with Gasteiger partial charge >= 0.3 is 12.6 Å². The Hall–Kier alpha value is -2.40. The first-order valence-corrected chi connectivity index (χ1v) is 5.93. The van der Waals surface area contributed by atoms with E-state index in [0.29, 0.717) is 5.56 Å². The zero-order valence-corrected chi connectivity index (χ0v) is 10.7. The van der Waals surface area contributed by atoms with Gasteiger partial charge in [0, 0.05) is 28.1 Å². The maximum atomic E-state index is 12.0. The Balaban J connectivity index is 0.00000220. The van der Waals surface area contributed by atoms with Gasteiger partial charge in [0.15, 0.2) is 0 Å². The van der Waals surface area contributed by atoms with E-state index in [4.69, 9.17) is 0 Å². The molecule has 2 amide bonds. The van der Waals surface area contributed by atoms with E-state index in [1.54, 1.807) is 6.07 Å². The number of halogens is 2. The maximum Gasteiger partial charge on any atom is 0.388 e. The number of alkyl halides is 2. The van der Waals surface area contributed by atoms with Gasteiger partial charge in [-0.05, 0) is 24.1 Å². The largest absolute Gasteiger partial charge is 0.417 e. The van der Waals surface area contributed by atoms with E-state index in [1.165, 1.54) is 12.3 Å². The Morgan fingerprint density at radius 1 is 1.65 bits per heavy atom. The van der Waals surface area contributed by atoms with Crippen LogP contribution in [0.25, 0.3) is 0 Å². The molecule has 2 rings (SSSR count). The first-order valence-electron chi connectivity index (χ1n) is 5.93. The fourth-order valence-electron chi connectivity index (χ4n) is 1.66. The molecule has 1 aromatic rings. The van der Waals surface area contributed by atoms with Crippen LogP contribution in [0.1, 0.15) is 21.8 Å². The molecule has 5 nitrogen and oxygen atoms in total. The predicted molar refractivity (Wildman–Crippen MR) is 71.3 cm³/mol. The van der Waals surface area contributed by atoms with Crippen molar-refractivity contribution in [3.05, 3.63) is 40.9 Å². The Labute approximate surface area is 117 Å². The second kappa shape index (κ2) is 6.16. The second-order valence-corrected chi connectivity index (χ2v) is 4.25. The zero-order valence-electron chi connectivity index (χ0n) is 10.7. The van der Waals surface area contributed by atoms with E-state index < -0.39 is 6.61 Å². The zero-order chi connectivity index (χ0) is 14.5. The highest BCUT2D eigenvalue weighted by Gasteiger charge is 2.11. The summed E-state index contributed by atoms with van der Waals surface area (Å²) in [6, 6.07) is 2.58. The van der Waals surface area contributed by atoms with Crippen LogP contribution in [0.4, 0.5) is 13.6 Å². The molecule has 0 aromatic carbocycles. The number of nitrogens with one attached hydrogen (secondary N) is 2. The molecule has 0 radical (unpaired) electrons. The summed E-state index contributed by atoms with van der Waals surface area (Å²) < 4.78 is 28.2. The number of amides is 2. The maximum absolute atomic E-state index is 12.0. The number of aromatic nitrogens is 1. The highest BCUT2D eigenvalue weighted by atomic mass is 19.3. The monoisotopic (exact) mass is 285 g/mol. The molecule has 2 N–H and O–H groups in total. The highest BCUT2D eigenvalue weighted by Crippen LogP contribution is 2.15. The Morgan fingerprint density at radius 2 is 2.40 bits per heavy atom. The lowest BCUT2D eigenvalue weighted by atomic mass is 10.1. The topological polar surface area (TPSA) is 63.2 Å². The molecule has 0 bridgehead atoms. The average Bonchev–Trinajstić information content (AvgIpc) is 2.34. The minimum Gasteiger partial charge on any atom is -0.417 e. The molecular formula is C13H17F2N3O2. The van der Waals surface area contributed by atoms with Crippen LogP contribution in [0, 0.1) is 0 Å². The quantitative estimate of drug-likeness (QED) is 0.818. The Kier molecular flexibility index (Phi) is 4.32. The van der Waals surface area contributed by atoms with Gasteiger partial charge in [0.2, 0.25) is 5.88 Å². The fraction of sp³-hybridized carbons (Fsp3) is 0.308. The van der Waals surface area contributed by atoms with Crippen LogP contribution in [0.2, 0.25) is 0 Å². The fourth-order valence-corrected chi connectivity index (χ4v) is 1.66. The van der Waals surface area contributed by atoms with Gasteiger partial charge in [-0.3, -0.25) is 0 Å². The van der Waals surface area contributed by atoms with Gasteiger partial charge in [-0.25, -0.2) is 9.78 Å². The van der Waals surface area contributed by atoms with Gasteiger partial charge in [-0.15, -0.1) is 0 Å². The number of hydrogen-bond donors (Lipinski definition) is 2. The number of ether oxygens (including phenoxy) is 1. The summed E-state index contributed by atoms with van der Waals surface area (Å²) in [5, 5.41) is 5.23. The second-order valence-electron chi connectivity index (χ2n) is 4.25. The molecular weight excluding hydrogens is 268 g/mol. The number of rotatable bonds is 5. The van der Waals surface area contributed by atoms with Crippen molar-refractivity contribution in [2.45, 2.75) is 26.5 Å². The average molecular weight is 285 g/mol. The van der Waals surface area contributed by atoms with Crippen LogP contribution >= 0.6 is 0 Å². The van der Waals surface area contributed by atoms with E-state index in [9.17, 15) is 13.6 Å². The Bertz CT molecular complexity index is 590. The molecule has 7 heteroatoms. The highest BCUT2D eigenvalue weighted by molar-refractivity contribution is 5.76. The molecule has 0 atom stereocenters. The minimum absolute atomic E-state index is 0. The summed E-state index contributed by atoms with van der Waals surface area (Å²) >= 11 is 0. The van der Waals surface area contributed by atoms with Crippen molar-refractivity contribution in [2.75, 3.05) is 0 Å². The normalized spacial score (nSPS) is 13.2. The first-order chi connectivity index (χ1) is 9.52. The molecule has 0 fully saturated rings. The summed E-state index contributed by atoms with van der Waals surface area (Å²) in [6.07, 6.45) is 2.06. The summed E-state index contributed by atoms with van der Waals surface area (Å²) in [6.45, 7) is -0.816. The number of carbonyl (C=O) groups is 1. The molecule has 0 unspecified atom stereocenters. The lowest BCUT2D eigenvalue weighted by Gasteiger charge is -2.14. The summed E-state index contributed by atoms with van der Waals surface area (Å²) in [5.41, 5.74) is 5.38. The number of hydrogen-bond acceptors (Lipinski definition) is 3. The van der Waals surface area contributed by atoms with E-state index >= 15 is 0 Å². The molecule has 1 heterocycles. The van der Waals surface area contributed by atoms with Crippen molar-refractivity contribution in [1.82, 2.24) is 15.6 Å². The summed E-state index contributed by atoms with van der Waals surface area (Å²) in [4.78, 5) is 15.2. The Morgan fingerprint density at radius 3 is 3.05 bits per heavy atom. The molecule has 20 heavy (non-hydrogen) atoms. The van der Waals surface area contributed by atoms with Gasteiger partial charge in [0.25, 0.3) is 0 Å². The summed E-state index contributed by atoms with van der Waals surface area (Å²) in [7, 11) is 0. The standard InChI is InChI=1S/C13H13F2N3O2.2H2/c1-8-4-10(5-8)18-13(19)17-7-9-2-3-16-11(6-9)20-12(14)15;;/h2-3,6,12H,4,7H2,1H3,(H2,17,18,19);2*1H. The van der Waals surface area contributed by atoms with Crippen LogP contribution in [0.5, 0.6) is 5.88 Å². The first kappa shape index (κ1) is 14.0. The van der Waals surface area contributed by atoms with Gasteiger partial charge in [-0.1, -0.05) is 5.73 Å². The molecule has 110 valence electrons. The van der Waals surface area contributed by atoms with Crippen LogP contribution in [-0.2, 0) is 6.54 Å². The van der Waals surface area contributed by atoms with Crippen molar-refractivity contribution < 1.29 is 21.2 Å². The molecule has 1 aliphatic carbocycles. The van der Waals surface area contributed by atoms with Crippen LogP contribution in [0.3, 0.4) is 0 Å². The number of pyridine rings is 1. The van der Waals surface area contributed by atoms with Crippen molar-refractivity contribution >= 4 is 6.03 Å². The molecule has 1 aliphatic rings. The van der Waals surface area contributed by atoms with Crippen molar-refractivity contribution in [3.8, 4) is 5.88 Å². The van der Waals surface area contributed by atoms with Gasteiger partial charge in [-0.2, -0.15) is 8.78 Å². The third-order valence-corrected chi connectivity index (χ3v) is 2.53. The van der Waals surface area contributed by atoms with Gasteiger partial charge in [0.1, 0.15) is 0 Å². The van der Waals surface area contributed by atoms with Gasteiger partial charge < -0.3 is 15.4 Å². The van der Waals surface area contributed by atoms with Crippen LogP contribution < -0.4 is 15.4 Å². The molecule has 1 aromatic heterocycles. The van der Waals surface area contributed by atoms with E-state index in [2.05, 4.69) is 26.1 Å². The van der Waals surface area contributed by atoms with Gasteiger partial charge in [0.05, 0.1) is 5.70 Å². The van der Waals surface area contributed by atoms with E-state index in [0.717, 1.165) is 17.7 Å². The number of carbonyl (C=O) groups excluding carboxylic acids is 1. The molecule has 0 saturated heterocycles. The molecule has 0 saturated carbocycles. The SMILES string of the molecule is CC1=C=C(NC(=O)NCc2ccnc(OC(F)F)c2)C1.[HH].[HH]. The van der Waals surface area contributed by atoms with Crippen molar-refractivity contribution in [3.63, 3.8) is 0 Å². The van der Waals surface area contributed by atoms with Crippen LogP contribution in [0.15, 0.2) is 35.3 Å². The number of urea groups is 1. The van der Waals surface area contributed by atoms with E-state index in [1.807, 2.05) is 6.92 Å². The number of nitrogens with zero attached hydrogens (tertiary/aromatic N) is 1.